The van der Waals surface area contributed by atoms with Crippen LogP contribution in [-0.2, 0) is 4.79 Å². The summed E-state index contributed by atoms with van der Waals surface area (Å²) in [4.78, 5) is 9.77. The summed E-state index contributed by atoms with van der Waals surface area (Å²) in [6.07, 6.45) is 7.67. The van der Waals surface area contributed by atoms with Crippen LogP contribution in [0.4, 0.5) is 0 Å². The van der Waals surface area contributed by atoms with E-state index in [1.165, 1.54) is 25.7 Å². The number of carbonyl (C=O) groups excluding carboxylic acids is 1. The summed E-state index contributed by atoms with van der Waals surface area (Å²) in [5.41, 5.74) is 0. The van der Waals surface area contributed by atoms with Crippen molar-refractivity contribution in [2.75, 3.05) is 6.54 Å². The van der Waals surface area contributed by atoms with E-state index in [1.54, 1.807) is 0 Å². The molecule has 1 amide bonds. The lowest BCUT2D eigenvalue weighted by atomic mass is 10.1. The molecule has 0 bridgehead atoms. The fraction of sp³-hybridized carbons (Fsp3) is 0.778. The van der Waals surface area contributed by atoms with E-state index in [2.05, 4.69) is 12.2 Å². The highest BCUT2D eigenvalue weighted by atomic mass is 16.1. The van der Waals surface area contributed by atoms with Gasteiger partial charge in [0, 0.05) is 6.54 Å². The van der Waals surface area contributed by atoms with E-state index in [9.17, 15) is 4.79 Å². The quantitative estimate of drug-likeness (QED) is 0.389. The van der Waals surface area contributed by atoms with Crippen LogP contribution in [0.1, 0.15) is 38.5 Å². The van der Waals surface area contributed by atoms with Crippen LogP contribution in [-0.4, -0.2) is 13.0 Å². The maximum atomic E-state index is 9.77. The van der Waals surface area contributed by atoms with Gasteiger partial charge in [0.25, 0.3) is 0 Å². The molecule has 64 valence electrons. The Labute approximate surface area is 69.4 Å². The van der Waals surface area contributed by atoms with Crippen molar-refractivity contribution in [1.29, 1.82) is 0 Å². The Morgan fingerprint density at radius 1 is 1.09 bits per heavy atom. The van der Waals surface area contributed by atoms with E-state index in [-0.39, 0.29) is 0 Å². The Morgan fingerprint density at radius 2 is 1.73 bits per heavy atom. The monoisotopic (exact) mass is 155 g/mol. The van der Waals surface area contributed by atoms with Crippen molar-refractivity contribution in [2.45, 2.75) is 38.5 Å². The highest BCUT2D eigenvalue weighted by Gasteiger charge is 1.89. The lowest BCUT2D eigenvalue weighted by molar-refractivity contribution is -0.109. The van der Waals surface area contributed by atoms with Gasteiger partial charge in [0.05, 0.1) is 0 Å². The number of unbranched alkanes of at least 4 members (excludes halogenated alkanes) is 5. The summed E-state index contributed by atoms with van der Waals surface area (Å²) in [5.74, 6) is 0. The second-order valence-corrected chi connectivity index (χ2v) is 2.63. The van der Waals surface area contributed by atoms with Crippen LogP contribution >= 0.6 is 0 Å². The summed E-state index contributed by atoms with van der Waals surface area (Å²) in [6, 6.07) is 0. The summed E-state index contributed by atoms with van der Waals surface area (Å²) >= 11 is 0. The summed E-state index contributed by atoms with van der Waals surface area (Å²) in [5, 5.41) is 3.60. The molecule has 0 aliphatic rings. The van der Waals surface area contributed by atoms with Gasteiger partial charge in [-0.15, -0.1) is 0 Å². The van der Waals surface area contributed by atoms with Crippen LogP contribution in [0.25, 0.3) is 0 Å². The van der Waals surface area contributed by atoms with Gasteiger partial charge >= 0.3 is 0 Å². The van der Waals surface area contributed by atoms with Crippen LogP contribution in [0, 0.1) is 6.92 Å². The predicted molar refractivity (Wildman–Crippen MR) is 46.1 cm³/mol. The highest BCUT2D eigenvalue weighted by Crippen LogP contribution is 2.03. The van der Waals surface area contributed by atoms with E-state index in [0.717, 1.165) is 12.8 Å². The molecule has 0 unspecified atom stereocenters. The SMILES string of the molecule is [CH2]CCCCCCC[N]C=O. The van der Waals surface area contributed by atoms with Crippen LogP contribution in [0.3, 0.4) is 0 Å². The van der Waals surface area contributed by atoms with Crippen molar-refractivity contribution < 1.29 is 4.79 Å². The first-order valence-corrected chi connectivity index (χ1v) is 4.31. The fourth-order valence-electron chi connectivity index (χ4n) is 0.963. The summed E-state index contributed by atoms with van der Waals surface area (Å²) in [6.45, 7) is 4.47. The number of hydrogen-bond acceptors (Lipinski definition) is 1. The molecule has 0 aliphatic heterocycles. The molecule has 2 nitrogen and oxygen atoms in total. The zero-order chi connectivity index (χ0) is 8.36. The minimum atomic E-state index is 0.635. The number of nitrogens with zero attached hydrogens (tertiary/aromatic N) is 1. The zero-order valence-corrected chi connectivity index (χ0v) is 7.09. The third-order valence-corrected chi connectivity index (χ3v) is 1.61. The van der Waals surface area contributed by atoms with Gasteiger partial charge in [0.2, 0.25) is 6.41 Å². The number of amides is 1. The van der Waals surface area contributed by atoms with Gasteiger partial charge in [-0.05, 0) is 6.42 Å². The first-order chi connectivity index (χ1) is 5.41. The topological polar surface area (TPSA) is 31.2 Å². The Bertz CT molecular complexity index is 83.6. The molecule has 11 heavy (non-hydrogen) atoms. The largest absolute Gasteiger partial charge is 0.277 e. The Hall–Kier alpha value is -0.530. The molecule has 0 fully saturated rings. The van der Waals surface area contributed by atoms with Crippen molar-refractivity contribution >= 4 is 6.41 Å². The van der Waals surface area contributed by atoms with Gasteiger partial charge in [-0.25, -0.2) is 0 Å². The maximum Gasteiger partial charge on any atom is 0.228 e. The Balaban J connectivity index is 2.74. The molecule has 0 aromatic heterocycles. The minimum absolute atomic E-state index is 0.635. The van der Waals surface area contributed by atoms with Crippen LogP contribution < -0.4 is 5.32 Å². The number of carbonyl (C=O) groups is 1. The molecule has 0 atom stereocenters. The zero-order valence-electron chi connectivity index (χ0n) is 7.09. The van der Waals surface area contributed by atoms with Crippen LogP contribution in [0.5, 0.6) is 0 Å². The molecule has 0 saturated carbocycles. The molecule has 0 saturated heterocycles. The lowest BCUT2D eigenvalue weighted by Crippen LogP contribution is -2.02. The minimum Gasteiger partial charge on any atom is -0.277 e. The smallest absolute Gasteiger partial charge is 0.228 e. The average Bonchev–Trinajstić information content (AvgIpc) is 2.03. The maximum absolute atomic E-state index is 9.77. The first kappa shape index (κ1) is 10.5. The predicted octanol–water partition coefficient (Wildman–Crippen LogP) is 1.92. The molecule has 0 N–H and O–H groups in total. The van der Waals surface area contributed by atoms with E-state index in [4.69, 9.17) is 0 Å². The van der Waals surface area contributed by atoms with Crippen molar-refractivity contribution in [3.8, 4) is 0 Å². The molecule has 2 radical (unpaired) electrons. The summed E-state index contributed by atoms with van der Waals surface area (Å²) in [7, 11) is 0. The van der Waals surface area contributed by atoms with Crippen LogP contribution in [0.2, 0.25) is 0 Å². The second kappa shape index (κ2) is 9.47. The molecule has 0 rings (SSSR count). The van der Waals surface area contributed by atoms with Crippen LogP contribution in [0.15, 0.2) is 0 Å². The van der Waals surface area contributed by atoms with Crippen molar-refractivity contribution in [3.63, 3.8) is 0 Å². The number of hydrogen-bond donors (Lipinski definition) is 0. The van der Waals surface area contributed by atoms with Gasteiger partial charge in [0.15, 0.2) is 0 Å². The molecular formula is C9H17NO. The number of rotatable bonds is 8. The van der Waals surface area contributed by atoms with E-state index in [1.807, 2.05) is 0 Å². The van der Waals surface area contributed by atoms with Crippen molar-refractivity contribution in [3.05, 3.63) is 6.92 Å². The molecule has 0 heterocycles. The fourth-order valence-corrected chi connectivity index (χ4v) is 0.963. The van der Waals surface area contributed by atoms with E-state index >= 15 is 0 Å². The van der Waals surface area contributed by atoms with E-state index < -0.39 is 0 Å². The van der Waals surface area contributed by atoms with Gasteiger partial charge in [0.1, 0.15) is 0 Å². The van der Waals surface area contributed by atoms with Crippen molar-refractivity contribution in [2.24, 2.45) is 0 Å². The third kappa shape index (κ3) is 9.47. The van der Waals surface area contributed by atoms with Crippen molar-refractivity contribution in [1.82, 2.24) is 5.32 Å². The molecule has 0 aliphatic carbocycles. The van der Waals surface area contributed by atoms with E-state index in [0.29, 0.717) is 13.0 Å². The lowest BCUT2D eigenvalue weighted by Gasteiger charge is -1.97. The van der Waals surface area contributed by atoms with Gasteiger partial charge in [-0.3, -0.25) is 10.1 Å². The van der Waals surface area contributed by atoms with Gasteiger partial charge in [-0.1, -0.05) is 39.0 Å². The Kier molecular flexibility index (Phi) is 9.01. The molecule has 0 aromatic rings. The molecule has 0 spiro atoms. The molecule has 0 aromatic carbocycles. The van der Waals surface area contributed by atoms with Gasteiger partial charge < -0.3 is 0 Å². The third-order valence-electron chi connectivity index (χ3n) is 1.61. The highest BCUT2D eigenvalue weighted by molar-refractivity contribution is 5.45. The Morgan fingerprint density at radius 3 is 2.36 bits per heavy atom. The second-order valence-electron chi connectivity index (χ2n) is 2.63. The van der Waals surface area contributed by atoms with Gasteiger partial charge in [-0.2, -0.15) is 0 Å². The molecule has 2 heteroatoms. The summed E-state index contributed by atoms with van der Waals surface area (Å²) < 4.78 is 0. The average molecular weight is 155 g/mol. The normalized spacial score (nSPS) is 9.55. The molecular weight excluding hydrogens is 138 g/mol. The standard InChI is InChI=1S/C9H17NO/c1-2-3-4-5-6-7-8-10-9-11/h9H,1-8H2. The first-order valence-electron chi connectivity index (χ1n) is 4.31.